The third-order valence-electron chi connectivity index (χ3n) is 5.41. The fourth-order valence-corrected chi connectivity index (χ4v) is 3.40. The normalized spacial score (nSPS) is 15.0. The van der Waals surface area contributed by atoms with E-state index in [-0.39, 0.29) is 18.6 Å². The topological polar surface area (TPSA) is 54.7 Å². The minimum Gasteiger partial charge on any atom is -0.489 e. The number of ether oxygens (including phenoxy) is 1. The van der Waals surface area contributed by atoms with Crippen LogP contribution in [0.1, 0.15) is 35.9 Å². The van der Waals surface area contributed by atoms with Gasteiger partial charge in [0.05, 0.1) is 0 Å². The molecule has 1 N–H and O–H groups in total. The zero-order chi connectivity index (χ0) is 19.5. The second-order valence-corrected chi connectivity index (χ2v) is 7.46. The summed E-state index contributed by atoms with van der Waals surface area (Å²) in [5, 5.41) is 3.94. The number of fused-ring (bicyclic) bond motifs is 1. The number of carbonyl (C=O) groups excluding carboxylic acids is 1. The lowest BCUT2D eigenvalue weighted by atomic mass is 10.1. The average Bonchev–Trinajstić information content (AvgIpc) is 3.51. The van der Waals surface area contributed by atoms with Crippen molar-refractivity contribution in [1.82, 2.24) is 10.2 Å². The van der Waals surface area contributed by atoms with Gasteiger partial charge in [-0.25, -0.2) is 0 Å². The molecule has 2 aromatic carbocycles. The molecule has 0 radical (unpaired) electrons. The molecule has 1 atom stereocenters. The van der Waals surface area contributed by atoms with E-state index in [0.29, 0.717) is 23.9 Å². The number of nitrogens with zero attached hydrogens (tertiary/aromatic N) is 1. The van der Waals surface area contributed by atoms with E-state index < -0.39 is 0 Å². The highest BCUT2D eigenvalue weighted by atomic mass is 16.5. The van der Waals surface area contributed by atoms with Gasteiger partial charge < -0.3 is 14.5 Å². The van der Waals surface area contributed by atoms with Crippen LogP contribution in [0, 0.1) is 0 Å². The molecule has 1 fully saturated rings. The molecule has 0 spiro atoms. The highest BCUT2D eigenvalue weighted by Crippen LogP contribution is 2.28. The first kappa shape index (κ1) is 18.6. The van der Waals surface area contributed by atoms with Gasteiger partial charge in [-0.1, -0.05) is 36.4 Å². The maximum atomic E-state index is 12.9. The van der Waals surface area contributed by atoms with Crippen molar-refractivity contribution in [2.24, 2.45) is 0 Å². The summed E-state index contributed by atoms with van der Waals surface area (Å²) in [4.78, 5) is 15.2. The number of para-hydroxylation sites is 2. The smallest absolute Gasteiger partial charge is 0.287 e. The molecule has 0 aliphatic heterocycles. The molecule has 28 heavy (non-hydrogen) atoms. The van der Waals surface area contributed by atoms with Gasteiger partial charge in [0, 0.05) is 29.6 Å². The van der Waals surface area contributed by atoms with Gasteiger partial charge in [-0.2, -0.15) is 0 Å². The number of benzene rings is 2. The Morgan fingerprint density at radius 1 is 1.18 bits per heavy atom. The van der Waals surface area contributed by atoms with E-state index >= 15 is 0 Å². The number of carbonyl (C=O) groups is 1. The van der Waals surface area contributed by atoms with Gasteiger partial charge in [-0.15, -0.1) is 0 Å². The largest absolute Gasteiger partial charge is 0.489 e. The lowest BCUT2D eigenvalue weighted by molar-refractivity contribution is 0.0910. The van der Waals surface area contributed by atoms with Gasteiger partial charge >= 0.3 is 0 Å². The van der Waals surface area contributed by atoms with Crippen LogP contribution in [-0.4, -0.2) is 36.5 Å². The molecule has 1 aromatic heterocycles. The summed E-state index contributed by atoms with van der Waals surface area (Å²) in [6, 6.07) is 18.2. The maximum Gasteiger partial charge on any atom is 0.287 e. The van der Waals surface area contributed by atoms with E-state index in [1.807, 2.05) is 54.6 Å². The Kier molecular flexibility index (Phi) is 5.35. The lowest BCUT2D eigenvalue weighted by Gasteiger charge is -2.24. The van der Waals surface area contributed by atoms with Crippen molar-refractivity contribution >= 4 is 16.9 Å². The van der Waals surface area contributed by atoms with Crippen LogP contribution in [0.2, 0.25) is 0 Å². The van der Waals surface area contributed by atoms with Gasteiger partial charge in [0.2, 0.25) is 0 Å². The predicted molar refractivity (Wildman–Crippen MR) is 110 cm³/mol. The Balaban J connectivity index is 1.51. The standard InChI is InChI=1S/C23H26N2O3/c1-16(25(2)17-12-13-17)14-24-23(26)22-20(15-27-18-8-4-3-5-9-18)19-10-6-7-11-21(19)28-22/h3-11,16-17H,12-15H2,1-2H3,(H,24,26). The molecule has 1 aliphatic carbocycles. The summed E-state index contributed by atoms with van der Waals surface area (Å²) in [7, 11) is 2.12. The molecular formula is C23H26N2O3. The molecular weight excluding hydrogens is 352 g/mol. The molecule has 1 amide bonds. The Morgan fingerprint density at radius 2 is 1.89 bits per heavy atom. The van der Waals surface area contributed by atoms with Gasteiger partial charge in [0.25, 0.3) is 5.91 Å². The molecule has 1 saturated carbocycles. The first-order chi connectivity index (χ1) is 13.6. The van der Waals surface area contributed by atoms with E-state index in [4.69, 9.17) is 9.15 Å². The summed E-state index contributed by atoms with van der Waals surface area (Å²) >= 11 is 0. The fourth-order valence-electron chi connectivity index (χ4n) is 3.40. The SMILES string of the molecule is CC(CNC(=O)c1oc2ccccc2c1COc1ccccc1)N(C)C1CC1. The van der Waals surface area contributed by atoms with Crippen LogP contribution in [0.25, 0.3) is 11.0 Å². The average molecular weight is 378 g/mol. The number of likely N-dealkylation sites (N-methyl/N-ethyl adjacent to an activating group) is 1. The van der Waals surface area contributed by atoms with Crippen molar-refractivity contribution in [3.8, 4) is 5.75 Å². The number of nitrogens with one attached hydrogen (secondary N) is 1. The minimum absolute atomic E-state index is 0.195. The van der Waals surface area contributed by atoms with E-state index in [9.17, 15) is 4.79 Å². The summed E-state index contributed by atoms with van der Waals surface area (Å²) in [6.07, 6.45) is 2.50. The van der Waals surface area contributed by atoms with E-state index in [1.54, 1.807) is 0 Å². The molecule has 0 bridgehead atoms. The van der Waals surface area contributed by atoms with Crippen molar-refractivity contribution in [3.05, 3.63) is 65.9 Å². The molecule has 1 heterocycles. The number of hydrogen-bond donors (Lipinski definition) is 1. The molecule has 4 rings (SSSR count). The highest BCUT2D eigenvalue weighted by Gasteiger charge is 2.29. The van der Waals surface area contributed by atoms with Gasteiger partial charge in [0.1, 0.15) is 17.9 Å². The second-order valence-electron chi connectivity index (χ2n) is 7.46. The highest BCUT2D eigenvalue weighted by molar-refractivity contribution is 5.99. The zero-order valence-corrected chi connectivity index (χ0v) is 16.4. The third-order valence-corrected chi connectivity index (χ3v) is 5.41. The van der Waals surface area contributed by atoms with Crippen molar-refractivity contribution in [2.45, 2.75) is 38.5 Å². The Hall–Kier alpha value is -2.79. The van der Waals surface area contributed by atoms with Crippen molar-refractivity contribution < 1.29 is 13.9 Å². The monoisotopic (exact) mass is 378 g/mol. The van der Waals surface area contributed by atoms with Crippen molar-refractivity contribution in [2.75, 3.05) is 13.6 Å². The second kappa shape index (κ2) is 8.07. The van der Waals surface area contributed by atoms with Crippen LogP contribution in [-0.2, 0) is 6.61 Å². The minimum atomic E-state index is -0.195. The van der Waals surface area contributed by atoms with Crippen LogP contribution in [0.5, 0.6) is 5.75 Å². The van der Waals surface area contributed by atoms with Crippen LogP contribution in [0.4, 0.5) is 0 Å². The van der Waals surface area contributed by atoms with Crippen molar-refractivity contribution in [3.63, 3.8) is 0 Å². The Morgan fingerprint density at radius 3 is 2.64 bits per heavy atom. The van der Waals surface area contributed by atoms with Gasteiger partial charge in [-0.05, 0) is 45.0 Å². The Labute approximate surface area is 165 Å². The maximum absolute atomic E-state index is 12.9. The van der Waals surface area contributed by atoms with Gasteiger partial charge in [0.15, 0.2) is 5.76 Å². The first-order valence-corrected chi connectivity index (χ1v) is 9.82. The molecule has 146 valence electrons. The number of amides is 1. The summed E-state index contributed by atoms with van der Waals surface area (Å²) in [6.45, 7) is 3.00. The summed E-state index contributed by atoms with van der Waals surface area (Å²) < 4.78 is 11.8. The molecule has 5 heteroatoms. The van der Waals surface area contributed by atoms with E-state index in [0.717, 1.165) is 16.7 Å². The molecule has 0 saturated heterocycles. The quantitative estimate of drug-likeness (QED) is 0.637. The Bertz CT molecular complexity index is 947. The zero-order valence-electron chi connectivity index (χ0n) is 16.4. The molecule has 5 nitrogen and oxygen atoms in total. The predicted octanol–water partition coefficient (Wildman–Crippen LogP) is 4.22. The van der Waals surface area contributed by atoms with E-state index in [1.165, 1.54) is 12.8 Å². The van der Waals surface area contributed by atoms with Crippen LogP contribution >= 0.6 is 0 Å². The fraction of sp³-hybridized carbons (Fsp3) is 0.348. The van der Waals surface area contributed by atoms with E-state index in [2.05, 4.69) is 24.2 Å². The molecule has 1 aliphatic rings. The molecule has 1 unspecified atom stereocenters. The number of furan rings is 1. The first-order valence-electron chi connectivity index (χ1n) is 9.82. The lowest BCUT2D eigenvalue weighted by Crippen LogP contribution is -2.41. The van der Waals surface area contributed by atoms with Gasteiger partial charge in [-0.3, -0.25) is 9.69 Å². The van der Waals surface area contributed by atoms with Crippen LogP contribution < -0.4 is 10.1 Å². The number of rotatable bonds is 8. The molecule has 3 aromatic rings. The summed E-state index contributed by atoms with van der Waals surface area (Å²) in [5.41, 5.74) is 1.47. The van der Waals surface area contributed by atoms with Crippen LogP contribution in [0.15, 0.2) is 59.0 Å². The number of hydrogen-bond acceptors (Lipinski definition) is 4. The van der Waals surface area contributed by atoms with Crippen molar-refractivity contribution in [1.29, 1.82) is 0 Å². The van der Waals surface area contributed by atoms with Crippen LogP contribution in [0.3, 0.4) is 0 Å². The summed E-state index contributed by atoms with van der Waals surface area (Å²) in [5.74, 6) is 0.899. The third kappa shape index (κ3) is 4.04.